The topological polar surface area (TPSA) is 75.6 Å². The van der Waals surface area contributed by atoms with Gasteiger partial charge in [-0.25, -0.2) is 4.79 Å². The highest BCUT2D eigenvalue weighted by Crippen LogP contribution is 2.10. The van der Waals surface area contributed by atoms with Gasteiger partial charge in [0, 0.05) is 5.69 Å². The molecule has 0 heterocycles. The van der Waals surface area contributed by atoms with Gasteiger partial charge < -0.3 is 9.84 Å². The molecule has 1 aromatic carbocycles. The van der Waals surface area contributed by atoms with E-state index in [1.165, 1.54) is 6.08 Å². The predicted octanol–water partition coefficient (Wildman–Crippen LogP) is 2.05. The van der Waals surface area contributed by atoms with Crippen LogP contribution in [0.3, 0.4) is 0 Å². The lowest BCUT2D eigenvalue weighted by Crippen LogP contribution is -2.13. The van der Waals surface area contributed by atoms with Crippen molar-refractivity contribution in [2.45, 2.75) is 6.42 Å². The van der Waals surface area contributed by atoms with Crippen LogP contribution in [-0.2, 0) is 16.0 Å². The summed E-state index contributed by atoms with van der Waals surface area (Å²) in [5, 5.41) is 11.1. The highest BCUT2D eigenvalue weighted by Gasteiger charge is 2.03. The largest absolute Gasteiger partial charge is 0.481 e. The summed E-state index contributed by atoms with van der Waals surface area (Å²) in [5.41, 5.74) is 1.22. The Balaban J connectivity index is 2.53. The van der Waals surface area contributed by atoms with Crippen LogP contribution >= 0.6 is 0 Å². The maximum absolute atomic E-state index is 11.2. The summed E-state index contributed by atoms with van der Waals surface area (Å²) in [4.78, 5) is 21.6. The predicted molar refractivity (Wildman–Crippen MR) is 62.9 cm³/mol. The Hall–Kier alpha value is -2.30. The minimum Gasteiger partial charge on any atom is -0.481 e. The zero-order chi connectivity index (χ0) is 12.7. The Morgan fingerprint density at radius 3 is 2.53 bits per heavy atom. The third-order valence-electron chi connectivity index (χ3n) is 1.89. The molecule has 1 aromatic rings. The second-order valence-electron chi connectivity index (χ2n) is 3.28. The van der Waals surface area contributed by atoms with E-state index in [2.05, 4.69) is 11.9 Å². The van der Waals surface area contributed by atoms with Crippen molar-refractivity contribution in [3.05, 3.63) is 42.5 Å². The molecule has 0 fully saturated rings. The molecule has 5 heteroatoms. The van der Waals surface area contributed by atoms with Crippen LogP contribution in [0.1, 0.15) is 5.56 Å². The number of carboxylic acid groups (broad SMARTS) is 1. The van der Waals surface area contributed by atoms with Crippen molar-refractivity contribution in [1.29, 1.82) is 0 Å². The number of hydrogen-bond donors (Lipinski definition) is 2. The van der Waals surface area contributed by atoms with Crippen molar-refractivity contribution in [2.24, 2.45) is 0 Å². The number of ether oxygens (including phenoxy) is 1. The first kappa shape index (κ1) is 12.8. The highest BCUT2D eigenvalue weighted by molar-refractivity contribution is 5.84. The van der Waals surface area contributed by atoms with E-state index in [-0.39, 0.29) is 13.0 Å². The summed E-state index contributed by atoms with van der Waals surface area (Å²) in [6, 6.07) is 6.51. The maximum Gasteiger partial charge on any atom is 0.411 e. The van der Waals surface area contributed by atoms with Gasteiger partial charge in [-0.2, -0.15) is 0 Å². The van der Waals surface area contributed by atoms with E-state index in [1.54, 1.807) is 24.3 Å². The van der Waals surface area contributed by atoms with E-state index in [4.69, 9.17) is 9.84 Å². The van der Waals surface area contributed by atoms with E-state index >= 15 is 0 Å². The van der Waals surface area contributed by atoms with E-state index < -0.39 is 12.1 Å². The Morgan fingerprint density at radius 2 is 2.00 bits per heavy atom. The molecule has 0 saturated heterocycles. The van der Waals surface area contributed by atoms with E-state index in [0.29, 0.717) is 11.3 Å². The molecule has 0 aliphatic heterocycles. The van der Waals surface area contributed by atoms with Crippen LogP contribution in [-0.4, -0.2) is 23.8 Å². The first-order valence-electron chi connectivity index (χ1n) is 4.97. The van der Waals surface area contributed by atoms with Crippen LogP contribution in [0.4, 0.5) is 10.5 Å². The molecule has 0 atom stereocenters. The number of anilines is 1. The number of nitrogens with one attached hydrogen (secondary N) is 1. The number of amides is 1. The Morgan fingerprint density at radius 1 is 1.35 bits per heavy atom. The van der Waals surface area contributed by atoms with Gasteiger partial charge in [0.2, 0.25) is 0 Å². The van der Waals surface area contributed by atoms with Gasteiger partial charge in [-0.1, -0.05) is 24.8 Å². The molecular formula is C12H13NO4. The normalized spacial score (nSPS) is 9.41. The summed E-state index contributed by atoms with van der Waals surface area (Å²) in [7, 11) is 0. The van der Waals surface area contributed by atoms with Gasteiger partial charge >= 0.3 is 12.1 Å². The first-order chi connectivity index (χ1) is 8.11. The number of rotatable bonds is 5. The summed E-state index contributed by atoms with van der Waals surface area (Å²) in [6.07, 6.45) is 0.854. The third kappa shape index (κ3) is 4.83. The van der Waals surface area contributed by atoms with Crippen LogP contribution in [0, 0.1) is 0 Å². The average molecular weight is 235 g/mol. The fourth-order valence-corrected chi connectivity index (χ4v) is 1.17. The smallest absolute Gasteiger partial charge is 0.411 e. The standard InChI is InChI=1S/C12H13NO4/c1-2-7-17-12(16)13-10-5-3-9(4-6-10)8-11(14)15/h2-6H,1,7-8H2,(H,13,16)(H,14,15). The van der Waals surface area contributed by atoms with Crippen LogP contribution in [0.15, 0.2) is 36.9 Å². The first-order valence-corrected chi connectivity index (χ1v) is 4.97. The molecule has 5 nitrogen and oxygen atoms in total. The van der Waals surface area contributed by atoms with Crippen LogP contribution in [0.2, 0.25) is 0 Å². The van der Waals surface area contributed by atoms with E-state index in [9.17, 15) is 9.59 Å². The molecule has 1 amide bonds. The van der Waals surface area contributed by atoms with E-state index in [1.807, 2.05) is 0 Å². The monoisotopic (exact) mass is 235 g/mol. The molecule has 0 radical (unpaired) electrons. The SMILES string of the molecule is C=CCOC(=O)Nc1ccc(CC(=O)O)cc1. The maximum atomic E-state index is 11.2. The summed E-state index contributed by atoms with van der Waals surface area (Å²) < 4.78 is 4.73. The quantitative estimate of drug-likeness (QED) is 0.766. The van der Waals surface area contributed by atoms with Gasteiger partial charge in [-0.3, -0.25) is 10.1 Å². The van der Waals surface area contributed by atoms with Crippen molar-refractivity contribution in [3.8, 4) is 0 Å². The van der Waals surface area contributed by atoms with Crippen molar-refractivity contribution < 1.29 is 19.4 Å². The van der Waals surface area contributed by atoms with Gasteiger partial charge in [-0.15, -0.1) is 0 Å². The molecule has 0 saturated carbocycles. The average Bonchev–Trinajstić information content (AvgIpc) is 2.28. The zero-order valence-corrected chi connectivity index (χ0v) is 9.18. The van der Waals surface area contributed by atoms with E-state index in [0.717, 1.165) is 0 Å². The summed E-state index contributed by atoms with van der Waals surface area (Å²) in [6.45, 7) is 3.56. The van der Waals surface area contributed by atoms with Gasteiger partial charge in [0.25, 0.3) is 0 Å². The molecule has 0 spiro atoms. The number of carboxylic acids is 1. The number of carbonyl (C=O) groups is 2. The minimum absolute atomic E-state index is 0.0405. The van der Waals surface area contributed by atoms with Crippen LogP contribution in [0.25, 0.3) is 0 Å². The van der Waals surface area contributed by atoms with Gasteiger partial charge in [0.1, 0.15) is 6.61 Å². The van der Waals surface area contributed by atoms with Crippen molar-refractivity contribution in [3.63, 3.8) is 0 Å². The number of aliphatic carboxylic acids is 1. The lowest BCUT2D eigenvalue weighted by Gasteiger charge is -2.05. The molecule has 17 heavy (non-hydrogen) atoms. The van der Waals surface area contributed by atoms with Crippen LogP contribution in [0.5, 0.6) is 0 Å². The Kier molecular flexibility index (Phi) is 4.75. The van der Waals surface area contributed by atoms with Gasteiger partial charge in [-0.05, 0) is 17.7 Å². The summed E-state index contributed by atoms with van der Waals surface area (Å²) in [5.74, 6) is -0.892. The molecule has 0 bridgehead atoms. The molecule has 0 aliphatic rings. The van der Waals surface area contributed by atoms with Crippen molar-refractivity contribution in [1.82, 2.24) is 0 Å². The Bertz CT molecular complexity index is 411. The van der Waals surface area contributed by atoms with Crippen molar-refractivity contribution in [2.75, 3.05) is 11.9 Å². The van der Waals surface area contributed by atoms with Crippen molar-refractivity contribution >= 4 is 17.7 Å². The molecule has 0 aliphatic carbocycles. The zero-order valence-electron chi connectivity index (χ0n) is 9.18. The lowest BCUT2D eigenvalue weighted by atomic mass is 10.1. The fraction of sp³-hybridized carbons (Fsp3) is 0.167. The molecule has 0 unspecified atom stereocenters. The molecule has 2 N–H and O–H groups in total. The second kappa shape index (κ2) is 6.32. The van der Waals surface area contributed by atoms with Gasteiger partial charge in [0.15, 0.2) is 0 Å². The molecule has 1 rings (SSSR count). The lowest BCUT2D eigenvalue weighted by molar-refractivity contribution is -0.136. The van der Waals surface area contributed by atoms with Gasteiger partial charge in [0.05, 0.1) is 6.42 Å². The summed E-state index contributed by atoms with van der Waals surface area (Å²) >= 11 is 0. The fourth-order valence-electron chi connectivity index (χ4n) is 1.17. The minimum atomic E-state index is -0.892. The number of hydrogen-bond acceptors (Lipinski definition) is 3. The second-order valence-corrected chi connectivity index (χ2v) is 3.28. The molecule has 0 aromatic heterocycles. The Labute approximate surface area is 98.7 Å². The highest BCUT2D eigenvalue weighted by atomic mass is 16.5. The molecule has 90 valence electrons. The molecular weight excluding hydrogens is 222 g/mol. The van der Waals surface area contributed by atoms with Crippen LogP contribution < -0.4 is 5.32 Å². The third-order valence-corrected chi connectivity index (χ3v) is 1.89. The number of benzene rings is 1. The number of carbonyl (C=O) groups excluding carboxylic acids is 1.